The van der Waals surface area contributed by atoms with Crippen LogP contribution in [0.5, 0.6) is 0 Å². The van der Waals surface area contributed by atoms with Gasteiger partial charge < -0.3 is 5.11 Å². The third-order valence-electron chi connectivity index (χ3n) is 0.967. The van der Waals surface area contributed by atoms with Crippen LogP contribution in [0.15, 0.2) is 0 Å². The van der Waals surface area contributed by atoms with Crippen molar-refractivity contribution in [3.05, 3.63) is 0 Å². The Labute approximate surface area is 74.8 Å². The standard InChI is InChI=1S/C8H15ClOSi/c1-8(10,7-9)5-6-11(2,3)4/h10H,7H2,1-4H3. The molecule has 0 aromatic carbocycles. The van der Waals surface area contributed by atoms with E-state index in [4.69, 9.17) is 11.6 Å². The van der Waals surface area contributed by atoms with Crippen molar-refractivity contribution in [1.29, 1.82) is 0 Å². The Morgan fingerprint density at radius 2 is 1.91 bits per heavy atom. The van der Waals surface area contributed by atoms with Gasteiger partial charge in [0.1, 0.15) is 13.7 Å². The van der Waals surface area contributed by atoms with Crippen molar-refractivity contribution in [2.24, 2.45) is 0 Å². The Balaban J connectivity index is 4.29. The highest BCUT2D eigenvalue weighted by Crippen LogP contribution is 2.05. The van der Waals surface area contributed by atoms with Gasteiger partial charge in [-0.15, -0.1) is 17.1 Å². The smallest absolute Gasteiger partial charge is 0.135 e. The summed E-state index contributed by atoms with van der Waals surface area (Å²) in [5, 5.41) is 9.40. The molecule has 0 amide bonds. The molecule has 0 saturated carbocycles. The molecule has 1 atom stereocenters. The van der Waals surface area contributed by atoms with Crippen LogP contribution >= 0.6 is 11.6 Å². The predicted molar refractivity (Wildman–Crippen MR) is 52.5 cm³/mol. The average molecular weight is 191 g/mol. The molecule has 3 heteroatoms. The minimum absolute atomic E-state index is 0.171. The molecule has 0 heterocycles. The Morgan fingerprint density at radius 3 is 2.18 bits per heavy atom. The second kappa shape index (κ2) is 3.62. The molecule has 0 aliphatic carbocycles. The fourth-order valence-corrected chi connectivity index (χ4v) is 1.07. The number of hydrogen-bond acceptors (Lipinski definition) is 1. The fourth-order valence-electron chi connectivity index (χ4n) is 0.356. The van der Waals surface area contributed by atoms with Crippen molar-refractivity contribution >= 4 is 19.7 Å². The van der Waals surface area contributed by atoms with Crippen molar-refractivity contribution in [1.82, 2.24) is 0 Å². The highest BCUT2D eigenvalue weighted by Gasteiger charge is 2.16. The van der Waals surface area contributed by atoms with Crippen molar-refractivity contribution in [2.75, 3.05) is 5.88 Å². The van der Waals surface area contributed by atoms with Crippen LogP contribution in [0.2, 0.25) is 19.6 Å². The first-order valence-electron chi connectivity index (χ1n) is 3.59. The minimum Gasteiger partial charge on any atom is -0.377 e. The van der Waals surface area contributed by atoms with Gasteiger partial charge >= 0.3 is 0 Å². The number of rotatable bonds is 1. The van der Waals surface area contributed by atoms with E-state index in [1.165, 1.54) is 0 Å². The molecule has 0 rings (SSSR count). The van der Waals surface area contributed by atoms with Crippen LogP contribution in [0.1, 0.15) is 6.92 Å². The molecule has 11 heavy (non-hydrogen) atoms. The monoisotopic (exact) mass is 190 g/mol. The lowest BCUT2D eigenvalue weighted by atomic mass is 10.2. The van der Waals surface area contributed by atoms with Crippen molar-refractivity contribution < 1.29 is 5.11 Å². The zero-order valence-electron chi connectivity index (χ0n) is 7.53. The van der Waals surface area contributed by atoms with E-state index in [1.54, 1.807) is 6.92 Å². The molecule has 0 radical (unpaired) electrons. The van der Waals surface area contributed by atoms with E-state index >= 15 is 0 Å². The molecule has 0 aliphatic heterocycles. The van der Waals surface area contributed by atoms with Gasteiger partial charge in [0.05, 0.1) is 5.88 Å². The summed E-state index contributed by atoms with van der Waals surface area (Å²) in [6.45, 7) is 8.02. The highest BCUT2D eigenvalue weighted by molar-refractivity contribution is 6.83. The van der Waals surface area contributed by atoms with E-state index in [0.29, 0.717) is 0 Å². The normalized spacial score (nSPS) is 16.5. The minimum atomic E-state index is -1.36. The summed E-state index contributed by atoms with van der Waals surface area (Å²) >= 11 is 5.48. The van der Waals surface area contributed by atoms with E-state index in [9.17, 15) is 5.11 Å². The van der Waals surface area contributed by atoms with Gasteiger partial charge in [0.15, 0.2) is 0 Å². The topological polar surface area (TPSA) is 20.2 Å². The average Bonchev–Trinajstić information content (AvgIpc) is 1.83. The summed E-state index contributed by atoms with van der Waals surface area (Å²) in [7, 11) is -1.36. The van der Waals surface area contributed by atoms with Gasteiger partial charge in [0, 0.05) is 0 Å². The van der Waals surface area contributed by atoms with Gasteiger partial charge in [-0.05, 0) is 6.92 Å². The molecule has 0 spiro atoms. The fraction of sp³-hybridized carbons (Fsp3) is 0.750. The van der Waals surface area contributed by atoms with E-state index < -0.39 is 13.7 Å². The second-order valence-electron chi connectivity index (χ2n) is 3.91. The van der Waals surface area contributed by atoms with Gasteiger partial charge in [0.25, 0.3) is 0 Å². The molecule has 0 aliphatic rings. The maximum Gasteiger partial charge on any atom is 0.135 e. The lowest BCUT2D eigenvalue weighted by Gasteiger charge is -2.12. The van der Waals surface area contributed by atoms with Crippen LogP contribution in [-0.4, -0.2) is 24.7 Å². The van der Waals surface area contributed by atoms with Crippen LogP contribution < -0.4 is 0 Å². The van der Waals surface area contributed by atoms with Crippen LogP contribution in [0.25, 0.3) is 0 Å². The van der Waals surface area contributed by atoms with E-state index in [2.05, 4.69) is 31.1 Å². The Hall–Kier alpha value is 0.0269. The summed E-state index contributed by atoms with van der Waals surface area (Å²) in [4.78, 5) is 0. The van der Waals surface area contributed by atoms with Crippen LogP contribution in [-0.2, 0) is 0 Å². The Kier molecular flexibility index (Phi) is 3.63. The number of halogens is 1. The summed E-state index contributed by atoms with van der Waals surface area (Å²) in [5.41, 5.74) is 2.06. The molecule has 0 aromatic heterocycles. The number of alkyl halides is 1. The van der Waals surface area contributed by atoms with E-state index in [-0.39, 0.29) is 5.88 Å². The SMILES string of the molecule is CC(O)(C#C[Si](C)(C)C)CCl. The molecule has 1 N–H and O–H groups in total. The van der Waals surface area contributed by atoms with Crippen LogP contribution in [0, 0.1) is 11.5 Å². The number of hydrogen-bond donors (Lipinski definition) is 1. The zero-order valence-corrected chi connectivity index (χ0v) is 9.29. The van der Waals surface area contributed by atoms with Gasteiger partial charge in [-0.3, -0.25) is 0 Å². The maximum absolute atomic E-state index is 9.40. The van der Waals surface area contributed by atoms with Crippen molar-refractivity contribution in [3.8, 4) is 11.5 Å². The van der Waals surface area contributed by atoms with Gasteiger partial charge in [-0.1, -0.05) is 25.6 Å². The van der Waals surface area contributed by atoms with Gasteiger partial charge in [-0.25, -0.2) is 0 Å². The highest BCUT2D eigenvalue weighted by atomic mass is 35.5. The molecule has 1 unspecified atom stereocenters. The predicted octanol–water partition coefficient (Wildman–Crippen LogP) is 1.86. The van der Waals surface area contributed by atoms with Crippen LogP contribution in [0.3, 0.4) is 0 Å². The van der Waals surface area contributed by atoms with Gasteiger partial charge in [0.2, 0.25) is 0 Å². The summed E-state index contributed by atoms with van der Waals surface area (Å²) in [6, 6.07) is 0. The molecule has 0 fully saturated rings. The summed E-state index contributed by atoms with van der Waals surface area (Å²) < 4.78 is 0. The van der Waals surface area contributed by atoms with Gasteiger partial charge in [-0.2, -0.15) is 0 Å². The lowest BCUT2D eigenvalue weighted by molar-refractivity contribution is 0.147. The third-order valence-corrected chi connectivity index (χ3v) is 2.36. The molecule has 64 valence electrons. The molecular formula is C8H15ClOSi. The van der Waals surface area contributed by atoms with Crippen molar-refractivity contribution in [3.63, 3.8) is 0 Å². The molecule has 0 aromatic rings. The lowest BCUT2D eigenvalue weighted by Crippen LogP contribution is -2.26. The van der Waals surface area contributed by atoms with E-state index in [0.717, 1.165) is 0 Å². The Morgan fingerprint density at radius 1 is 1.45 bits per heavy atom. The van der Waals surface area contributed by atoms with Crippen molar-refractivity contribution in [2.45, 2.75) is 32.2 Å². The first-order valence-corrected chi connectivity index (χ1v) is 7.63. The van der Waals surface area contributed by atoms with E-state index in [1.807, 2.05) is 0 Å². The first kappa shape index (κ1) is 11.0. The maximum atomic E-state index is 9.40. The quantitative estimate of drug-likeness (QED) is 0.380. The molecular weight excluding hydrogens is 176 g/mol. The largest absolute Gasteiger partial charge is 0.377 e. The zero-order chi connectivity index (χ0) is 9.12. The second-order valence-corrected chi connectivity index (χ2v) is 8.92. The summed E-state index contributed by atoms with van der Waals surface area (Å²) in [5.74, 6) is 2.96. The molecule has 1 nitrogen and oxygen atoms in total. The number of aliphatic hydroxyl groups is 1. The van der Waals surface area contributed by atoms with Crippen LogP contribution in [0.4, 0.5) is 0 Å². The Bertz CT molecular complexity index is 182. The first-order chi connectivity index (χ1) is 4.77. The molecule has 0 bridgehead atoms. The summed E-state index contributed by atoms with van der Waals surface area (Å²) in [6.07, 6.45) is 0. The molecule has 0 saturated heterocycles. The third kappa shape index (κ3) is 6.43.